The molecule has 0 radical (unpaired) electrons. The quantitative estimate of drug-likeness (QED) is 0.863. The lowest BCUT2D eigenvalue weighted by Crippen LogP contribution is -2.29. The third-order valence-electron chi connectivity index (χ3n) is 4.53. The van der Waals surface area contributed by atoms with Gasteiger partial charge in [0.05, 0.1) is 6.61 Å². The van der Waals surface area contributed by atoms with Crippen molar-refractivity contribution in [3.8, 4) is 5.75 Å². The van der Waals surface area contributed by atoms with E-state index in [-0.39, 0.29) is 0 Å². The number of hydrogen-bond donors (Lipinski definition) is 1. The van der Waals surface area contributed by atoms with Gasteiger partial charge < -0.3 is 10.1 Å². The second kappa shape index (κ2) is 6.15. The number of likely N-dealkylation sites (tertiary alicyclic amines) is 1. The molecule has 1 heterocycles. The van der Waals surface area contributed by atoms with Crippen LogP contribution >= 0.6 is 0 Å². The molecular weight excluding hydrogens is 248 g/mol. The predicted octanol–water partition coefficient (Wildman–Crippen LogP) is 2.83. The van der Waals surface area contributed by atoms with E-state index >= 15 is 0 Å². The first-order chi connectivity index (χ1) is 9.78. The summed E-state index contributed by atoms with van der Waals surface area (Å²) >= 11 is 0. The number of hydrogen-bond acceptors (Lipinski definition) is 3. The second-order valence-electron chi connectivity index (χ2n) is 6.16. The summed E-state index contributed by atoms with van der Waals surface area (Å²) in [6, 6.07) is 9.98. The van der Waals surface area contributed by atoms with Crippen LogP contribution < -0.4 is 10.1 Å². The van der Waals surface area contributed by atoms with E-state index in [1.54, 1.807) is 0 Å². The Morgan fingerprint density at radius 1 is 1.30 bits per heavy atom. The topological polar surface area (TPSA) is 24.5 Å². The highest BCUT2D eigenvalue weighted by Gasteiger charge is 2.34. The molecule has 1 aliphatic carbocycles. The minimum absolute atomic E-state index is 0.529. The van der Waals surface area contributed by atoms with E-state index in [9.17, 15) is 0 Å². The van der Waals surface area contributed by atoms with Gasteiger partial charge in [0.15, 0.2) is 0 Å². The SMILES string of the molecule is CCOc1cccc(C2C(CNC3CC3)CCN2C)c1. The van der Waals surface area contributed by atoms with Crippen LogP contribution in [-0.2, 0) is 0 Å². The normalized spacial score (nSPS) is 26.9. The fraction of sp³-hybridized carbons (Fsp3) is 0.647. The van der Waals surface area contributed by atoms with E-state index in [1.165, 1.54) is 31.4 Å². The molecule has 2 unspecified atom stereocenters. The zero-order valence-corrected chi connectivity index (χ0v) is 12.6. The van der Waals surface area contributed by atoms with Crippen molar-refractivity contribution >= 4 is 0 Å². The van der Waals surface area contributed by atoms with E-state index in [2.05, 4.69) is 41.5 Å². The summed E-state index contributed by atoms with van der Waals surface area (Å²) in [5.41, 5.74) is 1.40. The highest BCUT2D eigenvalue weighted by Crippen LogP contribution is 2.37. The van der Waals surface area contributed by atoms with Gasteiger partial charge in [-0.25, -0.2) is 0 Å². The first kappa shape index (κ1) is 13.9. The Morgan fingerprint density at radius 2 is 2.15 bits per heavy atom. The van der Waals surface area contributed by atoms with Gasteiger partial charge in [0, 0.05) is 18.6 Å². The van der Waals surface area contributed by atoms with E-state index < -0.39 is 0 Å². The van der Waals surface area contributed by atoms with Crippen LogP contribution in [0.4, 0.5) is 0 Å². The molecule has 110 valence electrons. The van der Waals surface area contributed by atoms with Gasteiger partial charge >= 0.3 is 0 Å². The number of nitrogens with one attached hydrogen (secondary N) is 1. The highest BCUT2D eigenvalue weighted by molar-refractivity contribution is 5.31. The summed E-state index contributed by atoms with van der Waals surface area (Å²) in [5, 5.41) is 3.70. The molecule has 0 spiro atoms. The van der Waals surface area contributed by atoms with Crippen molar-refractivity contribution in [1.29, 1.82) is 0 Å². The van der Waals surface area contributed by atoms with Crippen molar-refractivity contribution in [2.75, 3.05) is 26.7 Å². The van der Waals surface area contributed by atoms with Gasteiger partial charge in [0.1, 0.15) is 5.75 Å². The fourth-order valence-corrected chi connectivity index (χ4v) is 3.33. The van der Waals surface area contributed by atoms with Crippen molar-refractivity contribution in [3.63, 3.8) is 0 Å². The summed E-state index contributed by atoms with van der Waals surface area (Å²) in [7, 11) is 2.25. The summed E-state index contributed by atoms with van der Waals surface area (Å²) in [6.07, 6.45) is 4.03. The Hall–Kier alpha value is -1.06. The van der Waals surface area contributed by atoms with Crippen molar-refractivity contribution in [2.45, 2.75) is 38.3 Å². The number of nitrogens with zero attached hydrogens (tertiary/aromatic N) is 1. The molecule has 1 saturated carbocycles. The molecule has 3 rings (SSSR count). The zero-order chi connectivity index (χ0) is 13.9. The largest absolute Gasteiger partial charge is 0.494 e. The molecule has 1 aromatic rings. The number of rotatable bonds is 6. The molecule has 2 atom stereocenters. The summed E-state index contributed by atoms with van der Waals surface area (Å²) < 4.78 is 5.65. The minimum atomic E-state index is 0.529. The van der Waals surface area contributed by atoms with E-state index in [1.807, 2.05) is 6.92 Å². The molecule has 0 aromatic heterocycles. The van der Waals surface area contributed by atoms with Crippen LogP contribution in [-0.4, -0.2) is 37.7 Å². The Bertz CT molecular complexity index is 444. The number of benzene rings is 1. The van der Waals surface area contributed by atoms with Gasteiger partial charge in [-0.3, -0.25) is 4.90 Å². The van der Waals surface area contributed by atoms with Gasteiger partial charge in [0.2, 0.25) is 0 Å². The van der Waals surface area contributed by atoms with Crippen molar-refractivity contribution in [3.05, 3.63) is 29.8 Å². The van der Waals surface area contributed by atoms with Crippen LogP contribution in [0.5, 0.6) is 5.75 Å². The van der Waals surface area contributed by atoms with Gasteiger partial charge in [-0.1, -0.05) is 12.1 Å². The van der Waals surface area contributed by atoms with Crippen LogP contribution in [0.15, 0.2) is 24.3 Å². The molecule has 2 fully saturated rings. The predicted molar refractivity (Wildman–Crippen MR) is 82.1 cm³/mol. The Kier molecular flexibility index (Phi) is 4.27. The molecular formula is C17H26N2O. The summed E-state index contributed by atoms with van der Waals surface area (Å²) in [5.74, 6) is 1.72. The van der Waals surface area contributed by atoms with E-state index in [0.717, 1.165) is 30.9 Å². The van der Waals surface area contributed by atoms with E-state index in [4.69, 9.17) is 4.74 Å². The first-order valence-corrected chi connectivity index (χ1v) is 7.94. The third kappa shape index (κ3) is 3.15. The lowest BCUT2D eigenvalue weighted by atomic mass is 9.93. The standard InChI is InChI=1S/C17H26N2O/c1-3-20-16-6-4-5-13(11-16)17-14(9-10-19(17)2)12-18-15-7-8-15/h4-6,11,14-15,17-18H,3,7-10,12H2,1-2H3. The van der Waals surface area contributed by atoms with Crippen LogP contribution in [0.25, 0.3) is 0 Å². The lowest BCUT2D eigenvalue weighted by molar-refractivity contribution is 0.270. The number of ether oxygens (including phenoxy) is 1. The molecule has 20 heavy (non-hydrogen) atoms. The molecule has 1 N–H and O–H groups in total. The second-order valence-corrected chi connectivity index (χ2v) is 6.16. The minimum Gasteiger partial charge on any atom is -0.494 e. The molecule has 0 amide bonds. The maximum Gasteiger partial charge on any atom is 0.119 e. The molecule has 2 aliphatic rings. The molecule has 1 aromatic carbocycles. The molecule has 3 nitrogen and oxygen atoms in total. The maximum absolute atomic E-state index is 5.65. The summed E-state index contributed by atoms with van der Waals surface area (Å²) in [6.45, 7) is 5.12. The molecule has 0 bridgehead atoms. The monoisotopic (exact) mass is 274 g/mol. The van der Waals surface area contributed by atoms with Crippen LogP contribution in [0.1, 0.15) is 37.8 Å². The summed E-state index contributed by atoms with van der Waals surface area (Å²) in [4.78, 5) is 2.49. The lowest BCUT2D eigenvalue weighted by Gasteiger charge is -2.26. The van der Waals surface area contributed by atoms with Crippen molar-refractivity contribution in [1.82, 2.24) is 10.2 Å². The Balaban J connectivity index is 1.72. The van der Waals surface area contributed by atoms with Gasteiger partial charge in [0.25, 0.3) is 0 Å². The maximum atomic E-state index is 5.65. The Morgan fingerprint density at radius 3 is 2.90 bits per heavy atom. The van der Waals surface area contributed by atoms with Crippen LogP contribution in [0, 0.1) is 5.92 Å². The third-order valence-corrected chi connectivity index (χ3v) is 4.53. The van der Waals surface area contributed by atoms with Crippen LogP contribution in [0.2, 0.25) is 0 Å². The van der Waals surface area contributed by atoms with Crippen LogP contribution in [0.3, 0.4) is 0 Å². The molecule has 3 heteroatoms. The van der Waals surface area contributed by atoms with Crippen molar-refractivity contribution < 1.29 is 4.74 Å². The zero-order valence-electron chi connectivity index (χ0n) is 12.6. The average Bonchev–Trinajstić information content (AvgIpc) is 3.20. The highest BCUT2D eigenvalue weighted by atomic mass is 16.5. The van der Waals surface area contributed by atoms with Crippen molar-refractivity contribution in [2.24, 2.45) is 5.92 Å². The van der Waals surface area contributed by atoms with Gasteiger partial charge in [-0.05, 0) is 63.4 Å². The average molecular weight is 274 g/mol. The van der Waals surface area contributed by atoms with E-state index in [0.29, 0.717) is 6.04 Å². The van der Waals surface area contributed by atoms with Gasteiger partial charge in [-0.2, -0.15) is 0 Å². The molecule has 1 saturated heterocycles. The smallest absolute Gasteiger partial charge is 0.119 e. The first-order valence-electron chi connectivity index (χ1n) is 7.94. The fourth-order valence-electron chi connectivity index (χ4n) is 3.33. The Labute approximate surface area is 122 Å². The van der Waals surface area contributed by atoms with Gasteiger partial charge in [-0.15, -0.1) is 0 Å². The molecule has 1 aliphatic heterocycles.